The maximum absolute atomic E-state index is 12.7. The molecule has 1 aliphatic rings. The summed E-state index contributed by atoms with van der Waals surface area (Å²) in [4.78, 5) is 40.0. The van der Waals surface area contributed by atoms with Crippen LogP contribution >= 0.6 is 0 Å². The molecule has 1 aromatic carbocycles. The number of rotatable bonds is 9. The van der Waals surface area contributed by atoms with Crippen LogP contribution in [-0.2, 0) is 22.4 Å². The van der Waals surface area contributed by atoms with Crippen LogP contribution in [0.25, 0.3) is 0 Å². The van der Waals surface area contributed by atoms with Crippen LogP contribution < -0.4 is 10.6 Å². The van der Waals surface area contributed by atoms with Gasteiger partial charge in [-0.05, 0) is 56.3 Å². The lowest BCUT2D eigenvalue weighted by molar-refractivity contribution is -0.128. The summed E-state index contributed by atoms with van der Waals surface area (Å²) in [7, 11) is 0. The van der Waals surface area contributed by atoms with Gasteiger partial charge in [0.25, 0.3) is 0 Å². The van der Waals surface area contributed by atoms with E-state index < -0.39 is 0 Å². The van der Waals surface area contributed by atoms with Crippen molar-refractivity contribution in [1.29, 1.82) is 0 Å². The van der Waals surface area contributed by atoms with Gasteiger partial charge in [-0.2, -0.15) is 0 Å². The average molecular weight is 459 g/mol. The number of anilines is 2. The molecule has 4 rings (SSSR count). The molecule has 0 saturated carbocycles. The first kappa shape index (κ1) is 23.4. The molecule has 0 bridgehead atoms. The first-order valence-corrected chi connectivity index (χ1v) is 11.6. The molecular formula is C26H30N6O2. The zero-order chi connectivity index (χ0) is 23.9. The summed E-state index contributed by atoms with van der Waals surface area (Å²) in [5.41, 5.74) is 4.57. The second-order valence-corrected chi connectivity index (χ2v) is 8.62. The number of pyridine rings is 1. The molecule has 2 amide bonds. The Morgan fingerprint density at radius 2 is 1.76 bits per heavy atom. The highest BCUT2D eigenvalue weighted by Gasteiger charge is 2.34. The number of hydrogen-bond donors (Lipinski definition) is 2. The van der Waals surface area contributed by atoms with E-state index in [0.717, 1.165) is 35.0 Å². The van der Waals surface area contributed by atoms with Crippen molar-refractivity contribution in [2.24, 2.45) is 5.92 Å². The van der Waals surface area contributed by atoms with Crippen LogP contribution in [0.15, 0.2) is 54.7 Å². The Labute approximate surface area is 199 Å². The van der Waals surface area contributed by atoms with Gasteiger partial charge in [0.15, 0.2) is 0 Å². The van der Waals surface area contributed by atoms with Crippen LogP contribution in [-0.4, -0.2) is 51.3 Å². The number of likely N-dealkylation sites (tertiary alicyclic amines) is 1. The van der Waals surface area contributed by atoms with Crippen LogP contribution in [0.3, 0.4) is 0 Å². The van der Waals surface area contributed by atoms with Crippen molar-refractivity contribution in [3.8, 4) is 0 Å². The molecule has 1 saturated heterocycles. The molecule has 1 unspecified atom stereocenters. The molecule has 3 aromatic rings. The van der Waals surface area contributed by atoms with Gasteiger partial charge >= 0.3 is 0 Å². The van der Waals surface area contributed by atoms with Crippen molar-refractivity contribution >= 4 is 23.2 Å². The lowest BCUT2D eigenvalue weighted by Gasteiger charge is -2.16. The monoisotopic (exact) mass is 458 g/mol. The smallest absolute Gasteiger partial charge is 0.229 e. The van der Waals surface area contributed by atoms with Gasteiger partial charge in [0.2, 0.25) is 11.8 Å². The van der Waals surface area contributed by atoms with Gasteiger partial charge in [-0.25, -0.2) is 9.97 Å². The molecule has 2 N–H and O–H groups in total. The molecule has 0 aliphatic carbocycles. The number of nitrogens with one attached hydrogen (secondary N) is 2. The van der Waals surface area contributed by atoms with Crippen LogP contribution in [0.2, 0.25) is 0 Å². The summed E-state index contributed by atoms with van der Waals surface area (Å²) in [6.45, 7) is 5.68. The van der Waals surface area contributed by atoms with Crippen LogP contribution in [0, 0.1) is 19.8 Å². The molecule has 3 heterocycles. The number of carbonyl (C=O) groups excluding carboxylic acids is 2. The van der Waals surface area contributed by atoms with Crippen molar-refractivity contribution in [3.63, 3.8) is 0 Å². The molecule has 1 aliphatic heterocycles. The summed E-state index contributed by atoms with van der Waals surface area (Å²) in [5.74, 6) is 0.380. The number of benzene rings is 1. The molecule has 176 valence electrons. The van der Waals surface area contributed by atoms with E-state index in [1.807, 2.05) is 62.4 Å². The van der Waals surface area contributed by atoms with E-state index >= 15 is 0 Å². The lowest BCUT2D eigenvalue weighted by Crippen LogP contribution is -2.30. The summed E-state index contributed by atoms with van der Waals surface area (Å²) >= 11 is 0. The predicted molar refractivity (Wildman–Crippen MR) is 131 cm³/mol. The van der Waals surface area contributed by atoms with E-state index in [2.05, 4.69) is 25.6 Å². The number of amides is 2. The van der Waals surface area contributed by atoms with Crippen LogP contribution in [0.4, 0.5) is 11.4 Å². The zero-order valence-corrected chi connectivity index (χ0v) is 19.6. The third kappa shape index (κ3) is 6.37. The minimum Gasteiger partial charge on any atom is -0.385 e. The van der Waals surface area contributed by atoms with Crippen molar-refractivity contribution in [1.82, 2.24) is 19.9 Å². The molecule has 1 fully saturated rings. The summed E-state index contributed by atoms with van der Waals surface area (Å²) in [6, 6.07) is 15.3. The predicted octanol–water partition coefficient (Wildman–Crippen LogP) is 3.17. The van der Waals surface area contributed by atoms with E-state index in [9.17, 15) is 9.59 Å². The Bertz CT molecular complexity index is 1110. The number of nitrogens with zero attached hydrogens (tertiary/aromatic N) is 4. The molecule has 0 spiro atoms. The van der Waals surface area contributed by atoms with Gasteiger partial charge in [0, 0.05) is 73.6 Å². The zero-order valence-electron chi connectivity index (χ0n) is 19.6. The normalized spacial score (nSPS) is 15.4. The Morgan fingerprint density at radius 3 is 2.47 bits per heavy atom. The van der Waals surface area contributed by atoms with E-state index in [0.29, 0.717) is 31.7 Å². The second-order valence-electron chi connectivity index (χ2n) is 8.62. The molecule has 2 aromatic heterocycles. The van der Waals surface area contributed by atoms with E-state index in [4.69, 9.17) is 0 Å². The third-order valence-electron chi connectivity index (χ3n) is 5.81. The summed E-state index contributed by atoms with van der Waals surface area (Å²) < 4.78 is 0. The summed E-state index contributed by atoms with van der Waals surface area (Å²) in [6.07, 6.45) is 3.41. The third-order valence-corrected chi connectivity index (χ3v) is 5.81. The largest absolute Gasteiger partial charge is 0.385 e. The number of aryl methyl sites for hydroxylation is 2. The van der Waals surface area contributed by atoms with Gasteiger partial charge in [-0.15, -0.1) is 0 Å². The molecule has 1 atom stereocenters. The van der Waals surface area contributed by atoms with Crippen molar-refractivity contribution < 1.29 is 9.59 Å². The second kappa shape index (κ2) is 10.9. The van der Waals surface area contributed by atoms with E-state index in [1.54, 1.807) is 11.1 Å². The number of aromatic nitrogens is 3. The standard InChI is InChI=1S/C26H30N6O2/c1-18-15-19(2)30-24(29-18)10-13-28-22-6-8-23(9-7-22)31-26(34)20-16-25(33)32(17-20)14-11-21-5-3-4-12-27-21/h3-9,12,15,20,28H,10-11,13-14,16-17H2,1-2H3,(H,31,34). The van der Waals surface area contributed by atoms with Crippen molar-refractivity contribution in [2.75, 3.05) is 30.3 Å². The average Bonchev–Trinajstić information content (AvgIpc) is 3.19. The number of carbonyl (C=O) groups is 2. The van der Waals surface area contributed by atoms with Crippen LogP contribution in [0.5, 0.6) is 0 Å². The molecular weight excluding hydrogens is 428 g/mol. The summed E-state index contributed by atoms with van der Waals surface area (Å²) in [5, 5.41) is 6.30. The fourth-order valence-electron chi connectivity index (χ4n) is 4.10. The highest BCUT2D eigenvalue weighted by atomic mass is 16.2. The highest BCUT2D eigenvalue weighted by Crippen LogP contribution is 2.21. The number of hydrogen-bond acceptors (Lipinski definition) is 6. The maximum atomic E-state index is 12.7. The highest BCUT2D eigenvalue weighted by molar-refractivity contribution is 5.97. The minimum absolute atomic E-state index is 0.0170. The van der Waals surface area contributed by atoms with Gasteiger partial charge < -0.3 is 15.5 Å². The quantitative estimate of drug-likeness (QED) is 0.511. The van der Waals surface area contributed by atoms with Crippen LogP contribution in [0.1, 0.15) is 29.3 Å². The SMILES string of the molecule is Cc1cc(C)nc(CCNc2ccc(NC(=O)C3CC(=O)N(CCc4ccccn4)C3)cc2)n1. The fourth-order valence-corrected chi connectivity index (χ4v) is 4.10. The Balaban J connectivity index is 1.23. The minimum atomic E-state index is -0.341. The maximum Gasteiger partial charge on any atom is 0.229 e. The molecule has 8 nitrogen and oxygen atoms in total. The first-order chi connectivity index (χ1) is 16.5. The van der Waals surface area contributed by atoms with Gasteiger partial charge in [0.1, 0.15) is 5.82 Å². The fraction of sp³-hybridized carbons (Fsp3) is 0.346. The van der Waals surface area contributed by atoms with Crippen molar-refractivity contribution in [3.05, 3.63) is 77.6 Å². The van der Waals surface area contributed by atoms with Crippen molar-refractivity contribution in [2.45, 2.75) is 33.1 Å². The van der Waals surface area contributed by atoms with Gasteiger partial charge in [-0.3, -0.25) is 14.6 Å². The Kier molecular flexibility index (Phi) is 7.47. The lowest BCUT2D eigenvalue weighted by atomic mass is 10.1. The van der Waals surface area contributed by atoms with E-state index in [-0.39, 0.29) is 24.2 Å². The topological polar surface area (TPSA) is 100 Å². The van der Waals surface area contributed by atoms with Gasteiger partial charge in [0.05, 0.1) is 5.92 Å². The Hall–Kier alpha value is -3.81. The first-order valence-electron chi connectivity index (χ1n) is 11.6. The van der Waals surface area contributed by atoms with Gasteiger partial charge in [-0.1, -0.05) is 6.07 Å². The molecule has 0 radical (unpaired) electrons. The van der Waals surface area contributed by atoms with E-state index in [1.165, 1.54) is 0 Å². The molecule has 8 heteroatoms. The Morgan fingerprint density at radius 1 is 1.03 bits per heavy atom. The molecule has 34 heavy (non-hydrogen) atoms.